The summed E-state index contributed by atoms with van der Waals surface area (Å²) < 4.78 is 16.4. The van der Waals surface area contributed by atoms with Gasteiger partial charge in [0.1, 0.15) is 23.0 Å². The van der Waals surface area contributed by atoms with Gasteiger partial charge in [-0.05, 0) is 43.2 Å². The number of aliphatic hydroxyl groups is 1. The predicted octanol–water partition coefficient (Wildman–Crippen LogP) is 5.33. The largest absolute Gasteiger partial charge is 0.506 e. The zero-order valence-electron chi connectivity index (χ0n) is 20.2. The second-order valence-electron chi connectivity index (χ2n) is 7.58. The number of ether oxygens (including phenoxy) is 3. The summed E-state index contributed by atoms with van der Waals surface area (Å²) in [5.74, 6) is -0.493. The molecule has 3 rings (SSSR count). The van der Waals surface area contributed by atoms with Crippen molar-refractivity contribution in [3.63, 3.8) is 0 Å². The van der Waals surface area contributed by atoms with E-state index in [0.29, 0.717) is 34.0 Å². The highest BCUT2D eigenvalue weighted by Gasteiger charge is 2.33. The Morgan fingerprint density at radius 3 is 2.64 bits per heavy atom. The van der Waals surface area contributed by atoms with Crippen LogP contribution in [0.1, 0.15) is 43.4 Å². The number of hydrogen-bond acceptors (Lipinski definition) is 8. The molecule has 0 bridgehead atoms. The zero-order chi connectivity index (χ0) is 26.1. The number of thioether (sulfide) groups is 1. The van der Waals surface area contributed by atoms with Crippen molar-refractivity contribution in [1.29, 1.82) is 5.26 Å². The first-order chi connectivity index (χ1) is 17.4. The number of hydrogen-bond donors (Lipinski definition) is 1. The van der Waals surface area contributed by atoms with Gasteiger partial charge in [-0.3, -0.25) is 4.79 Å². The molecule has 1 amide bonds. The van der Waals surface area contributed by atoms with Gasteiger partial charge in [-0.2, -0.15) is 5.26 Å². The molecule has 1 aliphatic rings. The number of benzene rings is 2. The second kappa shape index (κ2) is 12.6. The molecule has 0 spiro atoms. The fraction of sp³-hybridized carbons (Fsp3) is 0.259. The number of amides is 1. The molecule has 0 aromatic heterocycles. The zero-order valence-corrected chi connectivity index (χ0v) is 21.1. The average Bonchev–Trinajstić information content (AvgIpc) is 3.17. The third-order valence-corrected chi connectivity index (χ3v) is 6.09. The van der Waals surface area contributed by atoms with E-state index in [9.17, 15) is 20.0 Å². The molecular formula is C27H26N2O6S. The number of aliphatic hydroxyl groups excluding tert-OH is 1. The van der Waals surface area contributed by atoms with Gasteiger partial charge >= 0.3 is 5.97 Å². The Morgan fingerprint density at radius 1 is 1.17 bits per heavy atom. The van der Waals surface area contributed by atoms with Crippen LogP contribution in [-0.4, -0.2) is 35.7 Å². The van der Waals surface area contributed by atoms with Crippen molar-refractivity contribution in [2.75, 3.05) is 13.7 Å². The van der Waals surface area contributed by atoms with Crippen molar-refractivity contribution >= 4 is 34.8 Å². The summed E-state index contributed by atoms with van der Waals surface area (Å²) in [7, 11) is 1.51. The van der Waals surface area contributed by atoms with Crippen molar-refractivity contribution in [3.05, 3.63) is 75.4 Å². The fourth-order valence-corrected chi connectivity index (χ4v) is 4.36. The molecule has 8 nitrogen and oxygen atoms in total. The molecule has 0 fully saturated rings. The minimum absolute atomic E-state index is 0.110. The second-order valence-corrected chi connectivity index (χ2v) is 8.61. The Balaban J connectivity index is 1.89. The smallest absolute Gasteiger partial charge is 0.344 e. The molecule has 0 saturated carbocycles. The van der Waals surface area contributed by atoms with Gasteiger partial charge in [0.15, 0.2) is 11.5 Å². The van der Waals surface area contributed by atoms with Gasteiger partial charge in [0.2, 0.25) is 5.91 Å². The van der Waals surface area contributed by atoms with Gasteiger partial charge in [-0.1, -0.05) is 43.0 Å². The Morgan fingerprint density at radius 2 is 1.94 bits per heavy atom. The molecule has 0 saturated heterocycles. The summed E-state index contributed by atoms with van der Waals surface area (Å²) in [6, 6.07) is 14.5. The quantitative estimate of drug-likeness (QED) is 0.453. The highest BCUT2D eigenvalue weighted by Crippen LogP contribution is 2.40. The lowest BCUT2D eigenvalue weighted by Gasteiger charge is -2.12. The normalized spacial score (nSPS) is 15.2. The van der Waals surface area contributed by atoms with Gasteiger partial charge in [0, 0.05) is 12.0 Å². The third-order valence-electron chi connectivity index (χ3n) is 5.07. The van der Waals surface area contributed by atoms with Gasteiger partial charge < -0.3 is 19.3 Å². The minimum Gasteiger partial charge on any atom is -0.506 e. The van der Waals surface area contributed by atoms with Crippen LogP contribution in [0, 0.1) is 11.3 Å². The van der Waals surface area contributed by atoms with E-state index in [1.807, 2.05) is 19.1 Å². The van der Waals surface area contributed by atoms with Crippen LogP contribution in [0.3, 0.4) is 0 Å². The molecule has 2 aromatic carbocycles. The standard InChI is InChI=1S/C27H26N2O6S/c1-4-8-23(30)29-26-24(27(32)34-5-2)25(31)22(36-26)14-17-11-12-20(21(13-17)33-3)35-16-19-10-7-6-9-18(19)15-28/h6-7,9-14,31H,4-5,8,16H2,1-3H3/b22-14-,29-26?. The Kier molecular flexibility index (Phi) is 9.31. The van der Waals surface area contributed by atoms with E-state index in [-0.39, 0.29) is 41.9 Å². The number of esters is 1. The molecule has 0 atom stereocenters. The maximum Gasteiger partial charge on any atom is 0.344 e. The number of carbonyl (C=O) groups is 2. The van der Waals surface area contributed by atoms with Gasteiger partial charge in [-0.15, -0.1) is 0 Å². The number of nitrogens with zero attached hydrogens (tertiary/aromatic N) is 2. The molecule has 186 valence electrons. The lowest BCUT2D eigenvalue weighted by molar-refractivity contribution is -0.138. The highest BCUT2D eigenvalue weighted by atomic mass is 32.2. The maximum atomic E-state index is 12.5. The van der Waals surface area contributed by atoms with Crippen LogP contribution >= 0.6 is 11.8 Å². The summed E-state index contributed by atoms with van der Waals surface area (Å²) in [6.45, 7) is 3.82. The number of carbonyl (C=O) groups excluding carboxylic acids is 2. The first-order valence-corrected chi connectivity index (χ1v) is 12.1. The number of aliphatic imine (C=N–C) groups is 1. The molecule has 1 aliphatic heterocycles. The van der Waals surface area contributed by atoms with E-state index < -0.39 is 5.97 Å². The van der Waals surface area contributed by atoms with E-state index in [4.69, 9.17) is 14.2 Å². The third kappa shape index (κ3) is 6.34. The molecule has 2 aromatic rings. The summed E-state index contributed by atoms with van der Waals surface area (Å²) in [4.78, 5) is 28.9. The van der Waals surface area contributed by atoms with Crippen LogP contribution in [-0.2, 0) is 20.9 Å². The predicted molar refractivity (Wildman–Crippen MR) is 138 cm³/mol. The number of rotatable bonds is 9. The van der Waals surface area contributed by atoms with E-state index in [1.165, 1.54) is 7.11 Å². The summed E-state index contributed by atoms with van der Waals surface area (Å²) in [5, 5.41) is 20.2. The van der Waals surface area contributed by atoms with Crippen molar-refractivity contribution in [3.8, 4) is 17.6 Å². The molecular weight excluding hydrogens is 480 g/mol. The van der Waals surface area contributed by atoms with E-state index >= 15 is 0 Å². The monoisotopic (exact) mass is 506 g/mol. The number of methoxy groups -OCH3 is 1. The molecule has 0 unspecified atom stereocenters. The molecule has 1 heterocycles. The first-order valence-electron chi connectivity index (χ1n) is 11.3. The van der Waals surface area contributed by atoms with E-state index in [1.54, 1.807) is 43.3 Å². The van der Waals surface area contributed by atoms with Crippen LogP contribution < -0.4 is 9.47 Å². The van der Waals surface area contributed by atoms with Gasteiger partial charge in [0.25, 0.3) is 0 Å². The van der Waals surface area contributed by atoms with Crippen LogP contribution in [0.5, 0.6) is 11.5 Å². The summed E-state index contributed by atoms with van der Waals surface area (Å²) in [5.41, 5.74) is 1.82. The molecule has 9 heteroatoms. The van der Waals surface area contributed by atoms with Gasteiger partial charge in [0.05, 0.1) is 30.3 Å². The molecule has 1 N–H and O–H groups in total. The van der Waals surface area contributed by atoms with Crippen LogP contribution in [0.15, 0.2) is 63.7 Å². The SMILES string of the molecule is CCCC(=O)N=C1S/C(=C\c2ccc(OCc3ccccc3C#N)c(OC)c2)C(O)=C1C(=O)OCC. The Hall–Kier alpha value is -4.03. The lowest BCUT2D eigenvalue weighted by atomic mass is 10.1. The van der Waals surface area contributed by atoms with Crippen molar-refractivity contribution in [2.45, 2.75) is 33.3 Å². The van der Waals surface area contributed by atoms with E-state index in [0.717, 1.165) is 17.3 Å². The summed E-state index contributed by atoms with van der Waals surface area (Å²) >= 11 is 1.02. The Labute approximate surface area is 213 Å². The van der Waals surface area contributed by atoms with Crippen molar-refractivity contribution in [1.82, 2.24) is 0 Å². The van der Waals surface area contributed by atoms with Crippen molar-refractivity contribution in [2.24, 2.45) is 4.99 Å². The van der Waals surface area contributed by atoms with Crippen LogP contribution in [0.4, 0.5) is 0 Å². The number of nitriles is 1. The molecule has 36 heavy (non-hydrogen) atoms. The van der Waals surface area contributed by atoms with Crippen LogP contribution in [0.2, 0.25) is 0 Å². The maximum absolute atomic E-state index is 12.5. The van der Waals surface area contributed by atoms with Crippen molar-refractivity contribution < 1.29 is 28.9 Å². The minimum atomic E-state index is -0.743. The Bertz CT molecular complexity index is 1290. The highest BCUT2D eigenvalue weighted by molar-refractivity contribution is 8.18. The topological polar surface area (TPSA) is 118 Å². The summed E-state index contributed by atoms with van der Waals surface area (Å²) in [6.07, 6.45) is 2.50. The van der Waals surface area contributed by atoms with Crippen LogP contribution in [0.25, 0.3) is 6.08 Å². The molecule has 0 aliphatic carbocycles. The fourth-order valence-electron chi connectivity index (χ4n) is 3.33. The lowest BCUT2D eigenvalue weighted by Crippen LogP contribution is -2.14. The molecule has 0 radical (unpaired) electrons. The average molecular weight is 507 g/mol. The van der Waals surface area contributed by atoms with E-state index in [2.05, 4.69) is 11.1 Å². The van der Waals surface area contributed by atoms with Gasteiger partial charge in [-0.25, -0.2) is 9.79 Å². The first kappa shape index (κ1) is 26.6.